The highest BCUT2D eigenvalue weighted by Gasteiger charge is 2.28. The first-order valence-electron chi connectivity index (χ1n) is 9.15. The maximum absolute atomic E-state index is 11.7. The van der Waals surface area contributed by atoms with E-state index >= 15 is 0 Å². The third-order valence-corrected chi connectivity index (χ3v) is 3.78. The molecule has 2 aromatic carbocycles. The zero-order valence-electron chi connectivity index (χ0n) is 16.5. The van der Waals surface area contributed by atoms with Gasteiger partial charge in [0.05, 0.1) is 5.69 Å². The Labute approximate surface area is 157 Å². The van der Waals surface area contributed by atoms with Crippen molar-refractivity contribution in [1.29, 1.82) is 0 Å². The Morgan fingerprint density at radius 2 is 1.42 bits per heavy atom. The molecular weight excluding hydrogens is 322 g/mol. The quantitative estimate of drug-likeness (QED) is 0.803. The van der Waals surface area contributed by atoms with E-state index in [0.29, 0.717) is 5.84 Å². The highest BCUT2D eigenvalue weighted by atomic mass is 16.2. The Morgan fingerprint density at radius 3 is 1.77 bits per heavy atom. The lowest BCUT2D eigenvalue weighted by Gasteiger charge is -2.18. The van der Waals surface area contributed by atoms with E-state index in [9.17, 15) is 4.79 Å². The van der Waals surface area contributed by atoms with Crippen LogP contribution in [-0.4, -0.2) is 22.8 Å². The third-order valence-electron chi connectivity index (χ3n) is 3.78. The minimum Gasteiger partial charge on any atom is -0.290 e. The van der Waals surface area contributed by atoms with Crippen LogP contribution < -0.4 is 5.43 Å². The van der Waals surface area contributed by atoms with Gasteiger partial charge in [0, 0.05) is 0 Å². The molecule has 1 amide bonds. The fraction of sp³-hybridized carbons (Fsp3) is 0.364. The molecule has 140 valence electrons. The molecule has 1 N–H and O–H groups in total. The van der Waals surface area contributed by atoms with Crippen molar-refractivity contribution in [3.63, 3.8) is 0 Å². The number of nitrogens with one attached hydrogen (secondary N) is 1. The van der Waals surface area contributed by atoms with E-state index in [-0.39, 0.29) is 11.9 Å². The van der Waals surface area contributed by atoms with Crippen molar-refractivity contribution in [2.24, 2.45) is 10.9 Å². The molecule has 0 saturated carbocycles. The standard InChI is InChI=1S/C11H13N3O.C6H6.C5H12/c1-8-11(15)14(9(2)12-8)13-10-6-4-3-5-7-10;1-2-4-6-5-3-1;1-4-5(2)3/h3-8,13H,1-2H3;1-6H;5H,4H2,1-3H3. The van der Waals surface area contributed by atoms with Gasteiger partial charge in [-0.15, -0.1) is 0 Å². The summed E-state index contributed by atoms with van der Waals surface area (Å²) in [5.74, 6) is 1.57. The molecule has 0 spiro atoms. The van der Waals surface area contributed by atoms with Gasteiger partial charge < -0.3 is 0 Å². The molecule has 1 atom stereocenters. The van der Waals surface area contributed by atoms with Crippen LogP contribution in [0.1, 0.15) is 41.0 Å². The van der Waals surface area contributed by atoms with Crippen LogP contribution >= 0.6 is 0 Å². The molecule has 0 bridgehead atoms. The van der Waals surface area contributed by atoms with Crippen LogP contribution in [-0.2, 0) is 4.79 Å². The number of para-hydroxylation sites is 1. The van der Waals surface area contributed by atoms with Crippen LogP contribution in [0.2, 0.25) is 0 Å². The average molecular weight is 354 g/mol. The number of carbonyl (C=O) groups excluding carboxylic acids is 1. The number of carbonyl (C=O) groups is 1. The topological polar surface area (TPSA) is 44.7 Å². The fourth-order valence-electron chi connectivity index (χ4n) is 1.90. The normalized spacial score (nSPS) is 15.5. The lowest BCUT2D eigenvalue weighted by molar-refractivity contribution is -0.126. The molecule has 2 aromatic rings. The van der Waals surface area contributed by atoms with E-state index in [2.05, 4.69) is 31.2 Å². The van der Waals surface area contributed by atoms with Crippen LogP contribution in [0, 0.1) is 5.92 Å². The first-order chi connectivity index (χ1) is 12.5. The van der Waals surface area contributed by atoms with Gasteiger partial charge in [-0.3, -0.25) is 15.2 Å². The van der Waals surface area contributed by atoms with Crippen LogP contribution in [0.3, 0.4) is 0 Å². The Bertz CT molecular complexity index is 627. The maximum Gasteiger partial charge on any atom is 0.271 e. The summed E-state index contributed by atoms with van der Waals surface area (Å²) in [4.78, 5) is 15.8. The maximum atomic E-state index is 11.7. The summed E-state index contributed by atoms with van der Waals surface area (Å²) >= 11 is 0. The molecule has 0 radical (unpaired) electrons. The molecule has 0 saturated heterocycles. The number of hydrogen-bond donors (Lipinski definition) is 1. The summed E-state index contributed by atoms with van der Waals surface area (Å²) in [7, 11) is 0. The second-order valence-corrected chi connectivity index (χ2v) is 6.46. The smallest absolute Gasteiger partial charge is 0.271 e. The zero-order valence-corrected chi connectivity index (χ0v) is 16.5. The van der Waals surface area contributed by atoms with Gasteiger partial charge >= 0.3 is 0 Å². The van der Waals surface area contributed by atoms with Crippen LogP contribution in [0.25, 0.3) is 0 Å². The van der Waals surface area contributed by atoms with E-state index < -0.39 is 0 Å². The fourth-order valence-corrected chi connectivity index (χ4v) is 1.90. The molecule has 4 heteroatoms. The summed E-state index contributed by atoms with van der Waals surface area (Å²) in [5, 5.41) is 1.49. The molecule has 0 fully saturated rings. The number of hydrazine groups is 1. The van der Waals surface area contributed by atoms with E-state index in [1.807, 2.05) is 73.7 Å². The SMILES string of the molecule is CC1=NC(C)C(=O)N1Nc1ccccc1.CCC(C)C.c1ccccc1. The van der Waals surface area contributed by atoms with Crippen molar-refractivity contribution in [3.05, 3.63) is 66.7 Å². The van der Waals surface area contributed by atoms with Crippen molar-refractivity contribution in [2.45, 2.75) is 47.1 Å². The predicted octanol–water partition coefficient (Wildman–Crippen LogP) is 5.40. The lowest BCUT2D eigenvalue weighted by Crippen LogP contribution is -2.38. The van der Waals surface area contributed by atoms with Crippen molar-refractivity contribution in [2.75, 3.05) is 5.43 Å². The molecule has 3 rings (SSSR count). The number of rotatable bonds is 3. The molecule has 26 heavy (non-hydrogen) atoms. The zero-order chi connectivity index (χ0) is 19.4. The van der Waals surface area contributed by atoms with Gasteiger partial charge in [-0.1, -0.05) is 81.8 Å². The molecule has 1 heterocycles. The van der Waals surface area contributed by atoms with Gasteiger partial charge in [0.1, 0.15) is 11.9 Å². The van der Waals surface area contributed by atoms with Crippen LogP contribution in [0.4, 0.5) is 5.69 Å². The molecule has 1 aliphatic rings. The Morgan fingerprint density at radius 1 is 1.00 bits per heavy atom. The summed E-state index contributed by atoms with van der Waals surface area (Å²) in [5.41, 5.74) is 3.91. The Hall–Kier alpha value is -2.62. The highest BCUT2D eigenvalue weighted by Crippen LogP contribution is 2.13. The van der Waals surface area contributed by atoms with Gasteiger partial charge in [-0.05, 0) is 31.9 Å². The number of aliphatic imine (C=N–C) groups is 1. The van der Waals surface area contributed by atoms with Crippen molar-refractivity contribution in [3.8, 4) is 0 Å². The van der Waals surface area contributed by atoms with Crippen molar-refractivity contribution >= 4 is 17.4 Å². The number of nitrogens with zero attached hydrogens (tertiary/aromatic N) is 2. The predicted molar refractivity (Wildman–Crippen MR) is 111 cm³/mol. The lowest BCUT2D eigenvalue weighted by atomic mass is 10.2. The van der Waals surface area contributed by atoms with Gasteiger partial charge in [-0.25, -0.2) is 5.01 Å². The minimum atomic E-state index is -0.277. The Balaban J connectivity index is 0.000000253. The van der Waals surface area contributed by atoms with Gasteiger partial charge in [0.25, 0.3) is 5.91 Å². The molecule has 4 nitrogen and oxygen atoms in total. The second kappa shape index (κ2) is 11.9. The average Bonchev–Trinajstić information content (AvgIpc) is 2.91. The first-order valence-corrected chi connectivity index (χ1v) is 9.15. The minimum absolute atomic E-state index is 0.0173. The van der Waals surface area contributed by atoms with Gasteiger partial charge in [0.2, 0.25) is 0 Å². The number of benzene rings is 2. The molecular formula is C22H31N3O. The number of amidine groups is 1. The van der Waals surface area contributed by atoms with Gasteiger partial charge in [0.15, 0.2) is 0 Å². The van der Waals surface area contributed by atoms with E-state index in [1.165, 1.54) is 11.4 Å². The van der Waals surface area contributed by atoms with Gasteiger partial charge in [-0.2, -0.15) is 0 Å². The number of amides is 1. The summed E-state index contributed by atoms with van der Waals surface area (Å²) in [6, 6.07) is 21.3. The van der Waals surface area contributed by atoms with E-state index in [1.54, 1.807) is 6.92 Å². The van der Waals surface area contributed by atoms with Crippen LogP contribution in [0.5, 0.6) is 0 Å². The number of anilines is 1. The van der Waals surface area contributed by atoms with Crippen molar-refractivity contribution < 1.29 is 4.79 Å². The van der Waals surface area contributed by atoms with E-state index in [4.69, 9.17) is 0 Å². The van der Waals surface area contributed by atoms with Crippen LogP contribution in [0.15, 0.2) is 71.7 Å². The summed E-state index contributed by atoms with van der Waals surface area (Å²) in [6.45, 7) is 10.3. The first kappa shape index (κ1) is 21.4. The number of hydrogen-bond acceptors (Lipinski definition) is 3. The monoisotopic (exact) mass is 353 g/mol. The van der Waals surface area contributed by atoms with E-state index in [0.717, 1.165) is 11.6 Å². The molecule has 0 aliphatic carbocycles. The summed E-state index contributed by atoms with van der Waals surface area (Å²) in [6.07, 6.45) is 1.31. The third kappa shape index (κ3) is 7.97. The highest BCUT2D eigenvalue weighted by molar-refractivity contribution is 6.05. The largest absolute Gasteiger partial charge is 0.290 e. The molecule has 0 aromatic heterocycles. The summed E-state index contributed by atoms with van der Waals surface area (Å²) < 4.78 is 0. The van der Waals surface area contributed by atoms with Crippen molar-refractivity contribution in [1.82, 2.24) is 5.01 Å². The Kier molecular flexibility index (Phi) is 9.77. The molecule has 1 unspecified atom stereocenters. The second-order valence-electron chi connectivity index (χ2n) is 6.46. The molecule has 1 aliphatic heterocycles.